The lowest BCUT2D eigenvalue weighted by Gasteiger charge is -2.41. The fourth-order valence-electron chi connectivity index (χ4n) is 7.23. The van der Waals surface area contributed by atoms with Gasteiger partial charge in [-0.2, -0.15) is 15.2 Å². The van der Waals surface area contributed by atoms with Gasteiger partial charge in [-0.1, -0.05) is 36.9 Å². The van der Waals surface area contributed by atoms with Gasteiger partial charge in [-0.25, -0.2) is 0 Å². The van der Waals surface area contributed by atoms with Crippen LogP contribution in [0.15, 0.2) is 49.1 Å². The van der Waals surface area contributed by atoms with E-state index in [-0.39, 0.29) is 24.3 Å². The van der Waals surface area contributed by atoms with Gasteiger partial charge in [0.15, 0.2) is 0 Å². The zero-order valence-electron chi connectivity index (χ0n) is 25.8. The van der Waals surface area contributed by atoms with Crippen LogP contribution in [0.3, 0.4) is 0 Å². The number of piperazine rings is 1. The molecule has 1 aliphatic carbocycles. The molecule has 0 N–H and O–H groups in total. The molecule has 2 amide bonds. The number of amides is 2. The van der Waals surface area contributed by atoms with E-state index in [2.05, 4.69) is 53.8 Å². The van der Waals surface area contributed by atoms with Crippen LogP contribution in [0, 0.1) is 11.3 Å². The van der Waals surface area contributed by atoms with E-state index in [4.69, 9.17) is 14.7 Å². The third-order valence-electron chi connectivity index (χ3n) is 9.85. The normalized spacial score (nSPS) is 21.6. The summed E-state index contributed by atoms with van der Waals surface area (Å²) in [4.78, 5) is 44.6. The standard InChI is InChI=1S/C35H39N7O3/c1-3-31(43)42-18-17-40(19-25(42)14-15-36)33-29-20-41(21-30(29)37-35(38-33)45-22-26-9-6-16-39(26)2)34(44)28-11-5-8-24-7-4-10-27(32(24)28)23-12-13-23/h3-5,7-8,10-11,23,25-26H,1,6,9,12-14,16-22H2,2H3/t25-,26-/m0/s1. The highest BCUT2D eigenvalue weighted by molar-refractivity contribution is 6.08. The quantitative estimate of drug-likeness (QED) is 0.351. The van der Waals surface area contributed by atoms with Gasteiger partial charge < -0.3 is 24.3 Å². The third-order valence-corrected chi connectivity index (χ3v) is 9.85. The van der Waals surface area contributed by atoms with Crippen LogP contribution in [0.2, 0.25) is 0 Å². The zero-order chi connectivity index (χ0) is 31.1. The number of hydrogen-bond acceptors (Lipinski definition) is 8. The predicted molar refractivity (Wildman–Crippen MR) is 171 cm³/mol. The molecule has 10 heteroatoms. The van der Waals surface area contributed by atoms with Gasteiger partial charge in [0.1, 0.15) is 12.4 Å². The number of aromatic nitrogens is 2. The molecule has 10 nitrogen and oxygen atoms in total. The average molecular weight is 606 g/mol. The Morgan fingerprint density at radius 3 is 2.62 bits per heavy atom. The topological polar surface area (TPSA) is 106 Å². The summed E-state index contributed by atoms with van der Waals surface area (Å²) in [6.45, 7) is 7.37. The first-order valence-corrected chi connectivity index (χ1v) is 16.0. The van der Waals surface area contributed by atoms with Gasteiger partial charge in [0.25, 0.3) is 5.91 Å². The van der Waals surface area contributed by atoms with Gasteiger partial charge in [0, 0.05) is 36.8 Å². The second kappa shape index (κ2) is 12.1. The highest BCUT2D eigenvalue weighted by Gasteiger charge is 2.36. The van der Waals surface area contributed by atoms with E-state index in [0.717, 1.165) is 65.6 Å². The lowest BCUT2D eigenvalue weighted by Crippen LogP contribution is -2.55. The van der Waals surface area contributed by atoms with Crippen molar-refractivity contribution in [1.82, 2.24) is 24.7 Å². The number of nitriles is 1. The van der Waals surface area contributed by atoms with Gasteiger partial charge in [-0.3, -0.25) is 9.59 Å². The van der Waals surface area contributed by atoms with Gasteiger partial charge in [0.05, 0.1) is 37.3 Å². The van der Waals surface area contributed by atoms with Gasteiger partial charge in [-0.05, 0) is 73.7 Å². The number of fused-ring (bicyclic) bond motifs is 2. The third kappa shape index (κ3) is 5.61. The fourth-order valence-corrected chi connectivity index (χ4v) is 7.23. The number of carbonyl (C=O) groups excluding carboxylic acids is 2. The van der Waals surface area contributed by atoms with E-state index in [1.54, 1.807) is 4.90 Å². The number of likely N-dealkylation sites (N-methyl/N-ethyl adjacent to an activating group) is 1. The molecule has 4 aliphatic rings. The number of benzene rings is 2. The lowest BCUT2D eigenvalue weighted by atomic mass is 9.96. The molecule has 232 valence electrons. The number of carbonyl (C=O) groups is 2. The smallest absolute Gasteiger partial charge is 0.318 e. The summed E-state index contributed by atoms with van der Waals surface area (Å²) in [7, 11) is 2.11. The summed E-state index contributed by atoms with van der Waals surface area (Å²) in [6.07, 6.45) is 6.04. The first kappa shape index (κ1) is 29.2. The summed E-state index contributed by atoms with van der Waals surface area (Å²) < 4.78 is 6.23. The van der Waals surface area contributed by atoms with Crippen molar-refractivity contribution in [3.05, 3.63) is 71.4 Å². The molecule has 0 unspecified atom stereocenters. The number of rotatable bonds is 8. The maximum atomic E-state index is 14.3. The molecular weight excluding hydrogens is 566 g/mol. The van der Waals surface area contributed by atoms with E-state index in [1.165, 1.54) is 11.6 Å². The monoisotopic (exact) mass is 605 g/mol. The summed E-state index contributed by atoms with van der Waals surface area (Å²) >= 11 is 0. The molecule has 3 fully saturated rings. The molecule has 1 saturated carbocycles. The Kier molecular flexibility index (Phi) is 7.88. The Morgan fingerprint density at radius 2 is 1.89 bits per heavy atom. The Labute approximate surface area is 263 Å². The maximum Gasteiger partial charge on any atom is 0.318 e. The van der Waals surface area contributed by atoms with Crippen LogP contribution >= 0.6 is 0 Å². The lowest BCUT2D eigenvalue weighted by molar-refractivity contribution is -0.128. The Morgan fingerprint density at radius 1 is 1.07 bits per heavy atom. The number of hydrogen-bond donors (Lipinski definition) is 0. The molecule has 3 aromatic rings. The summed E-state index contributed by atoms with van der Waals surface area (Å²) in [6, 6.07) is 14.9. The minimum atomic E-state index is -0.299. The van der Waals surface area contributed by atoms with Crippen LogP contribution in [0.5, 0.6) is 6.01 Å². The molecule has 4 heterocycles. The number of anilines is 1. The second-order valence-electron chi connectivity index (χ2n) is 12.7. The van der Waals surface area contributed by atoms with Crippen LogP contribution in [0.1, 0.15) is 65.2 Å². The first-order valence-electron chi connectivity index (χ1n) is 16.0. The van der Waals surface area contributed by atoms with Crippen molar-refractivity contribution in [2.24, 2.45) is 0 Å². The van der Waals surface area contributed by atoms with E-state index in [1.807, 2.05) is 17.0 Å². The minimum Gasteiger partial charge on any atom is -0.462 e. The van der Waals surface area contributed by atoms with Crippen LogP contribution in [0.25, 0.3) is 10.8 Å². The van der Waals surface area contributed by atoms with Crippen molar-refractivity contribution in [1.29, 1.82) is 5.26 Å². The maximum absolute atomic E-state index is 14.3. The largest absolute Gasteiger partial charge is 0.462 e. The van der Waals surface area contributed by atoms with Crippen molar-refractivity contribution >= 4 is 28.4 Å². The SMILES string of the molecule is C=CC(=O)N1CCN(c2nc(OC[C@@H]3CCCN3C)nc3c2CN(C(=O)c2cccc4cccc(C5CC5)c24)C3)C[C@@H]1CC#N. The molecule has 2 atom stereocenters. The van der Waals surface area contributed by atoms with Gasteiger partial charge in [0.2, 0.25) is 5.91 Å². The number of likely N-dealkylation sites (tertiary alicyclic amines) is 1. The molecule has 3 aliphatic heterocycles. The number of nitrogens with zero attached hydrogens (tertiary/aromatic N) is 7. The van der Waals surface area contributed by atoms with E-state index in [9.17, 15) is 14.9 Å². The van der Waals surface area contributed by atoms with Crippen LogP contribution in [-0.4, -0.2) is 88.4 Å². The summed E-state index contributed by atoms with van der Waals surface area (Å²) in [5, 5.41) is 11.7. The van der Waals surface area contributed by atoms with Gasteiger partial charge >= 0.3 is 6.01 Å². The Bertz CT molecular complexity index is 1690. The van der Waals surface area contributed by atoms with Crippen molar-refractivity contribution < 1.29 is 14.3 Å². The molecule has 7 rings (SSSR count). The fraction of sp³-hybridized carbons (Fsp3) is 0.457. The van der Waals surface area contributed by atoms with Gasteiger partial charge in [-0.15, -0.1) is 0 Å². The summed E-state index contributed by atoms with van der Waals surface area (Å²) in [5.74, 6) is 1.04. The molecule has 0 radical (unpaired) electrons. The molecule has 0 bridgehead atoms. The van der Waals surface area contributed by atoms with Crippen LogP contribution < -0.4 is 9.64 Å². The van der Waals surface area contributed by atoms with Crippen LogP contribution in [0.4, 0.5) is 5.82 Å². The minimum absolute atomic E-state index is 0.0172. The van der Waals surface area contributed by atoms with Crippen molar-refractivity contribution in [2.75, 3.05) is 44.7 Å². The number of ether oxygens (including phenoxy) is 1. The molecule has 45 heavy (non-hydrogen) atoms. The average Bonchev–Trinajstić information content (AvgIpc) is 3.69. The van der Waals surface area contributed by atoms with Crippen molar-refractivity contribution in [3.8, 4) is 12.1 Å². The summed E-state index contributed by atoms with van der Waals surface area (Å²) in [5.41, 5.74) is 3.67. The highest BCUT2D eigenvalue weighted by atomic mass is 16.5. The molecule has 2 aromatic carbocycles. The predicted octanol–water partition coefficient (Wildman–Crippen LogP) is 4.25. The Balaban J connectivity index is 1.21. The van der Waals surface area contributed by atoms with Crippen molar-refractivity contribution in [2.45, 2.75) is 63.2 Å². The molecule has 0 spiro atoms. The Hall–Kier alpha value is -4.49. The molecule has 1 aromatic heterocycles. The highest BCUT2D eigenvalue weighted by Crippen LogP contribution is 2.44. The van der Waals surface area contributed by atoms with E-state index in [0.29, 0.717) is 57.3 Å². The molecule has 2 saturated heterocycles. The van der Waals surface area contributed by atoms with E-state index < -0.39 is 0 Å². The van der Waals surface area contributed by atoms with Crippen LogP contribution in [-0.2, 0) is 17.9 Å². The molecular formula is C35H39N7O3. The van der Waals surface area contributed by atoms with Crippen molar-refractivity contribution in [3.63, 3.8) is 0 Å². The first-order chi connectivity index (χ1) is 21.9. The van der Waals surface area contributed by atoms with E-state index >= 15 is 0 Å². The second-order valence-corrected chi connectivity index (χ2v) is 12.7. The zero-order valence-corrected chi connectivity index (χ0v) is 25.8.